The summed E-state index contributed by atoms with van der Waals surface area (Å²) in [4.78, 5) is 24.6. The van der Waals surface area contributed by atoms with Crippen LogP contribution in [-0.2, 0) is 4.79 Å². The van der Waals surface area contributed by atoms with Gasteiger partial charge in [-0.1, -0.05) is 0 Å². The lowest BCUT2D eigenvalue weighted by Crippen LogP contribution is -2.30. The lowest BCUT2D eigenvalue weighted by molar-refractivity contribution is -0.384. The molecule has 7 nitrogen and oxygen atoms in total. The Balaban J connectivity index is 1.95. The molecule has 0 aliphatic rings. The van der Waals surface area contributed by atoms with Gasteiger partial charge in [-0.05, 0) is 57.2 Å². The van der Waals surface area contributed by atoms with E-state index >= 15 is 0 Å². The highest BCUT2D eigenvalue weighted by Crippen LogP contribution is 2.20. The SMILES string of the molecule is CCN(CC)c1ccc(NC(=O)C(C)Oc2ccc([N+](=O)[O-])cc2)cc1. The largest absolute Gasteiger partial charge is 0.481 e. The molecule has 26 heavy (non-hydrogen) atoms. The first-order valence-corrected chi connectivity index (χ1v) is 8.51. The molecule has 0 spiro atoms. The summed E-state index contributed by atoms with van der Waals surface area (Å²) in [7, 11) is 0. The minimum absolute atomic E-state index is 0.0252. The van der Waals surface area contributed by atoms with Crippen molar-refractivity contribution >= 4 is 23.0 Å². The van der Waals surface area contributed by atoms with Gasteiger partial charge in [0.25, 0.3) is 11.6 Å². The van der Waals surface area contributed by atoms with E-state index in [0.29, 0.717) is 11.4 Å². The van der Waals surface area contributed by atoms with E-state index in [9.17, 15) is 14.9 Å². The van der Waals surface area contributed by atoms with Crippen LogP contribution in [0.4, 0.5) is 17.1 Å². The predicted octanol–water partition coefficient (Wildman–Crippen LogP) is 3.85. The van der Waals surface area contributed by atoms with Gasteiger partial charge in [0.1, 0.15) is 5.75 Å². The Morgan fingerprint density at radius 1 is 1.12 bits per heavy atom. The summed E-state index contributed by atoms with van der Waals surface area (Å²) in [5.41, 5.74) is 1.76. The van der Waals surface area contributed by atoms with Crippen molar-refractivity contribution in [1.29, 1.82) is 0 Å². The number of nitrogens with zero attached hydrogens (tertiary/aromatic N) is 2. The second-order valence-electron chi connectivity index (χ2n) is 5.72. The molecule has 138 valence electrons. The van der Waals surface area contributed by atoms with E-state index in [-0.39, 0.29) is 11.6 Å². The Kier molecular flexibility index (Phi) is 6.54. The van der Waals surface area contributed by atoms with Crippen molar-refractivity contribution in [3.8, 4) is 5.75 Å². The molecule has 2 rings (SSSR count). The predicted molar refractivity (Wildman–Crippen MR) is 102 cm³/mol. The third-order valence-corrected chi connectivity index (χ3v) is 3.99. The molecule has 0 heterocycles. The highest BCUT2D eigenvalue weighted by molar-refractivity contribution is 5.94. The number of nitrogens with one attached hydrogen (secondary N) is 1. The van der Waals surface area contributed by atoms with Crippen molar-refractivity contribution in [2.75, 3.05) is 23.3 Å². The van der Waals surface area contributed by atoms with Crippen LogP contribution in [0.3, 0.4) is 0 Å². The first-order valence-electron chi connectivity index (χ1n) is 8.51. The summed E-state index contributed by atoms with van der Waals surface area (Å²) in [5, 5.41) is 13.5. The smallest absolute Gasteiger partial charge is 0.269 e. The molecule has 2 aromatic rings. The van der Waals surface area contributed by atoms with Gasteiger partial charge in [0, 0.05) is 36.6 Å². The molecule has 1 atom stereocenters. The Morgan fingerprint density at radius 2 is 1.69 bits per heavy atom. The zero-order valence-electron chi connectivity index (χ0n) is 15.1. The maximum atomic E-state index is 12.3. The maximum Gasteiger partial charge on any atom is 0.269 e. The summed E-state index contributed by atoms with van der Waals surface area (Å²) in [5.74, 6) is 0.106. The molecule has 0 saturated heterocycles. The number of carbonyl (C=O) groups is 1. The van der Waals surface area contributed by atoms with Crippen LogP contribution in [0.5, 0.6) is 5.75 Å². The molecule has 1 unspecified atom stereocenters. The van der Waals surface area contributed by atoms with Crippen molar-refractivity contribution in [2.45, 2.75) is 26.9 Å². The topological polar surface area (TPSA) is 84.7 Å². The van der Waals surface area contributed by atoms with Gasteiger partial charge in [-0.15, -0.1) is 0 Å². The van der Waals surface area contributed by atoms with Crippen molar-refractivity contribution in [3.05, 3.63) is 58.6 Å². The van der Waals surface area contributed by atoms with Crippen molar-refractivity contribution in [2.24, 2.45) is 0 Å². The average Bonchev–Trinajstić information content (AvgIpc) is 2.64. The molecule has 0 aliphatic heterocycles. The number of hydrogen-bond acceptors (Lipinski definition) is 5. The monoisotopic (exact) mass is 357 g/mol. The minimum atomic E-state index is -0.737. The summed E-state index contributed by atoms with van der Waals surface area (Å²) < 4.78 is 5.54. The third-order valence-electron chi connectivity index (χ3n) is 3.99. The van der Waals surface area contributed by atoms with Crippen LogP contribution >= 0.6 is 0 Å². The first kappa shape index (κ1) is 19.2. The van der Waals surface area contributed by atoms with Crippen molar-refractivity contribution in [1.82, 2.24) is 0 Å². The van der Waals surface area contributed by atoms with Crippen LogP contribution in [0.2, 0.25) is 0 Å². The van der Waals surface area contributed by atoms with Crippen LogP contribution in [0.1, 0.15) is 20.8 Å². The minimum Gasteiger partial charge on any atom is -0.481 e. The molecule has 0 aliphatic carbocycles. The molecule has 0 aromatic heterocycles. The van der Waals surface area contributed by atoms with Gasteiger partial charge in [0.2, 0.25) is 0 Å². The molecule has 1 N–H and O–H groups in total. The Labute approximate surface area is 152 Å². The molecule has 7 heteroatoms. The van der Waals surface area contributed by atoms with E-state index in [1.165, 1.54) is 24.3 Å². The number of hydrogen-bond donors (Lipinski definition) is 1. The van der Waals surface area contributed by atoms with E-state index in [0.717, 1.165) is 18.8 Å². The number of benzene rings is 2. The molecule has 0 bridgehead atoms. The number of non-ortho nitro benzene ring substituents is 1. The number of rotatable bonds is 8. The zero-order valence-corrected chi connectivity index (χ0v) is 15.1. The number of nitro benzene ring substituents is 1. The molecule has 2 aromatic carbocycles. The molecular weight excluding hydrogens is 334 g/mol. The van der Waals surface area contributed by atoms with Crippen molar-refractivity contribution in [3.63, 3.8) is 0 Å². The summed E-state index contributed by atoms with van der Waals surface area (Å²) >= 11 is 0. The summed E-state index contributed by atoms with van der Waals surface area (Å²) in [6.07, 6.45) is -0.737. The first-order chi connectivity index (χ1) is 12.4. The Bertz CT molecular complexity index is 740. The van der Waals surface area contributed by atoms with Gasteiger partial charge < -0.3 is 15.0 Å². The molecule has 0 radical (unpaired) electrons. The number of ether oxygens (including phenoxy) is 1. The Hall–Kier alpha value is -3.09. The van der Waals surface area contributed by atoms with Crippen LogP contribution < -0.4 is 15.0 Å². The zero-order chi connectivity index (χ0) is 19.1. The summed E-state index contributed by atoms with van der Waals surface area (Å²) in [6, 6.07) is 13.3. The van der Waals surface area contributed by atoms with Gasteiger partial charge in [-0.2, -0.15) is 0 Å². The quantitative estimate of drug-likeness (QED) is 0.573. The second-order valence-corrected chi connectivity index (χ2v) is 5.72. The van der Waals surface area contributed by atoms with Gasteiger partial charge in [-0.3, -0.25) is 14.9 Å². The number of anilines is 2. The van der Waals surface area contributed by atoms with Gasteiger partial charge in [-0.25, -0.2) is 0 Å². The van der Waals surface area contributed by atoms with Crippen LogP contribution in [-0.4, -0.2) is 30.0 Å². The van der Waals surface area contributed by atoms with E-state index in [2.05, 4.69) is 24.1 Å². The molecule has 0 saturated carbocycles. The van der Waals surface area contributed by atoms with Gasteiger partial charge in [0.15, 0.2) is 6.10 Å². The lowest BCUT2D eigenvalue weighted by atomic mass is 10.2. The number of nitro groups is 1. The normalized spacial score (nSPS) is 11.5. The maximum absolute atomic E-state index is 12.3. The number of amides is 1. The third kappa shape index (κ3) is 4.95. The van der Waals surface area contributed by atoms with E-state index in [1.807, 2.05) is 24.3 Å². The summed E-state index contributed by atoms with van der Waals surface area (Å²) in [6.45, 7) is 7.65. The van der Waals surface area contributed by atoms with E-state index in [4.69, 9.17) is 4.74 Å². The Morgan fingerprint density at radius 3 is 2.19 bits per heavy atom. The van der Waals surface area contributed by atoms with E-state index < -0.39 is 11.0 Å². The standard InChI is InChI=1S/C19H23N3O4/c1-4-21(5-2)16-8-6-15(7-9-16)20-19(23)14(3)26-18-12-10-17(11-13-18)22(24)25/h6-14H,4-5H2,1-3H3,(H,20,23). The van der Waals surface area contributed by atoms with Gasteiger partial charge in [0.05, 0.1) is 4.92 Å². The van der Waals surface area contributed by atoms with Crippen LogP contribution in [0, 0.1) is 10.1 Å². The highest BCUT2D eigenvalue weighted by Gasteiger charge is 2.16. The fourth-order valence-electron chi connectivity index (χ4n) is 2.49. The van der Waals surface area contributed by atoms with Crippen LogP contribution in [0.15, 0.2) is 48.5 Å². The average molecular weight is 357 g/mol. The highest BCUT2D eigenvalue weighted by atomic mass is 16.6. The van der Waals surface area contributed by atoms with Crippen molar-refractivity contribution < 1.29 is 14.5 Å². The lowest BCUT2D eigenvalue weighted by Gasteiger charge is -2.21. The number of carbonyl (C=O) groups excluding carboxylic acids is 1. The molecule has 0 fully saturated rings. The molecule has 1 amide bonds. The fourth-order valence-corrected chi connectivity index (χ4v) is 2.49. The van der Waals surface area contributed by atoms with Gasteiger partial charge >= 0.3 is 0 Å². The second kappa shape index (κ2) is 8.84. The molecular formula is C19H23N3O4. The van der Waals surface area contributed by atoms with E-state index in [1.54, 1.807) is 6.92 Å². The van der Waals surface area contributed by atoms with Crippen LogP contribution in [0.25, 0.3) is 0 Å². The fraction of sp³-hybridized carbons (Fsp3) is 0.316.